The summed E-state index contributed by atoms with van der Waals surface area (Å²) >= 11 is 0. The van der Waals surface area contributed by atoms with E-state index in [2.05, 4.69) is 5.32 Å². The lowest BCUT2D eigenvalue weighted by atomic mass is 9.87. The standard InChI is InChI=1S/C14H19NO3/c1-9(16)15-10-4-5-11-12(8-10)14(18-3)7-6-13(11)17-2/h6-7,10H,4-5,8H2,1-3H3,(H,15,16). The summed E-state index contributed by atoms with van der Waals surface area (Å²) < 4.78 is 10.8. The van der Waals surface area contributed by atoms with Gasteiger partial charge in [0.05, 0.1) is 14.2 Å². The first-order valence-corrected chi connectivity index (χ1v) is 6.15. The van der Waals surface area contributed by atoms with Crippen molar-refractivity contribution in [2.45, 2.75) is 32.2 Å². The summed E-state index contributed by atoms with van der Waals surface area (Å²) in [6.07, 6.45) is 2.64. The molecule has 0 radical (unpaired) electrons. The van der Waals surface area contributed by atoms with Gasteiger partial charge < -0.3 is 14.8 Å². The van der Waals surface area contributed by atoms with Crippen LogP contribution in [0.3, 0.4) is 0 Å². The summed E-state index contributed by atoms with van der Waals surface area (Å²) in [7, 11) is 3.35. The van der Waals surface area contributed by atoms with Crippen molar-refractivity contribution in [3.8, 4) is 11.5 Å². The topological polar surface area (TPSA) is 47.6 Å². The Bertz CT molecular complexity index is 457. The van der Waals surface area contributed by atoms with Crippen molar-refractivity contribution in [2.75, 3.05) is 14.2 Å². The Morgan fingerprint density at radius 3 is 2.39 bits per heavy atom. The first kappa shape index (κ1) is 12.7. The van der Waals surface area contributed by atoms with Gasteiger partial charge in [-0.15, -0.1) is 0 Å². The highest BCUT2D eigenvalue weighted by atomic mass is 16.5. The molecule has 1 aromatic rings. The zero-order chi connectivity index (χ0) is 13.1. The van der Waals surface area contributed by atoms with Crippen LogP contribution in [0.4, 0.5) is 0 Å². The molecular weight excluding hydrogens is 230 g/mol. The van der Waals surface area contributed by atoms with Crippen LogP contribution in [-0.2, 0) is 17.6 Å². The Morgan fingerprint density at radius 1 is 1.22 bits per heavy atom. The van der Waals surface area contributed by atoms with E-state index in [0.29, 0.717) is 0 Å². The number of fused-ring (bicyclic) bond motifs is 1. The SMILES string of the molecule is COc1ccc(OC)c2c1CCC(NC(C)=O)C2. The maximum absolute atomic E-state index is 11.1. The van der Waals surface area contributed by atoms with E-state index in [9.17, 15) is 4.79 Å². The van der Waals surface area contributed by atoms with Gasteiger partial charge in [0, 0.05) is 24.1 Å². The number of hydrogen-bond donors (Lipinski definition) is 1. The third kappa shape index (κ3) is 2.42. The molecule has 1 aromatic carbocycles. The van der Waals surface area contributed by atoms with Crippen LogP contribution < -0.4 is 14.8 Å². The number of carbonyl (C=O) groups excluding carboxylic acids is 1. The fraction of sp³-hybridized carbons (Fsp3) is 0.500. The molecular formula is C14H19NO3. The molecule has 4 heteroatoms. The molecule has 1 N–H and O–H groups in total. The van der Waals surface area contributed by atoms with Crippen LogP contribution in [0, 0.1) is 0 Å². The number of benzene rings is 1. The highest BCUT2D eigenvalue weighted by Gasteiger charge is 2.24. The fourth-order valence-corrected chi connectivity index (χ4v) is 2.61. The molecule has 0 bridgehead atoms. The summed E-state index contributed by atoms with van der Waals surface area (Å²) in [6, 6.07) is 4.06. The Balaban J connectivity index is 2.31. The van der Waals surface area contributed by atoms with Crippen molar-refractivity contribution in [1.82, 2.24) is 5.32 Å². The van der Waals surface area contributed by atoms with E-state index < -0.39 is 0 Å². The van der Waals surface area contributed by atoms with Gasteiger partial charge >= 0.3 is 0 Å². The van der Waals surface area contributed by atoms with Crippen molar-refractivity contribution in [3.05, 3.63) is 23.3 Å². The molecule has 4 nitrogen and oxygen atoms in total. The molecule has 0 heterocycles. The third-order valence-electron chi connectivity index (χ3n) is 3.39. The number of rotatable bonds is 3. The van der Waals surface area contributed by atoms with Gasteiger partial charge in [0.25, 0.3) is 0 Å². The number of carbonyl (C=O) groups is 1. The number of amides is 1. The normalized spacial score (nSPS) is 17.8. The van der Waals surface area contributed by atoms with Crippen LogP contribution >= 0.6 is 0 Å². The number of hydrogen-bond acceptors (Lipinski definition) is 3. The van der Waals surface area contributed by atoms with E-state index in [-0.39, 0.29) is 11.9 Å². The van der Waals surface area contributed by atoms with Crippen LogP contribution in [0.5, 0.6) is 11.5 Å². The van der Waals surface area contributed by atoms with E-state index in [1.807, 2.05) is 12.1 Å². The van der Waals surface area contributed by atoms with Gasteiger partial charge in [0.2, 0.25) is 5.91 Å². The summed E-state index contributed by atoms with van der Waals surface area (Å²) in [4.78, 5) is 11.1. The maximum atomic E-state index is 11.1. The lowest BCUT2D eigenvalue weighted by molar-refractivity contribution is -0.119. The highest BCUT2D eigenvalue weighted by molar-refractivity contribution is 5.73. The fourth-order valence-electron chi connectivity index (χ4n) is 2.61. The Morgan fingerprint density at radius 2 is 1.83 bits per heavy atom. The number of ether oxygens (including phenoxy) is 2. The molecule has 18 heavy (non-hydrogen) atoms. The first-order valence-electron chi connectivity index (χ1n) is 6.15. The lowest BCUT2D eigenvalue weighted by Crippen LogP contribution is -2.37. The van der Waals surface area contributed by atoms with Gasteiger partial charge in [-0.25, -0.2) is 0 Å². The van der Waals surface area contributed by atoms with E-state index in [0.717, 1.165) is 36.3 Å². The van der Waals surface area contributed by atoms with Crippen LogP contribution in [0.2, 0.25) is 0 Å². The van der Waals surface area contributed by atoms with Gasteiger partial charge in [-0.1, -0.05) is 0 Å². The van der Waals surface area contributed by atoms with Crippen LogP contribution in [0.25, 0.3) is 0 Å². The van der Waals surface area contributed by atoms with Gasteiger partial charge in [-0.2, -0.15) is 0 Å². The lowest BCUT2D eigenvalue weighted by Gasteiger charge is -2.27. The molecule has 0 saturated heterocycles. The average Bonchev–Trinajstić information content (AvgIpc) is 2.36. The van der Waals surface area contributed by atoms with Crippen molar-refractivity contribution in [3.63, 3.8) is 0 Å². The maximum Gasteiger partial charge on any atom is 0.217 e. The smallest absolute Gasteiger partial charge is 0.217 e. The molecule has 1 amide bonds. The Labute approximate surface area is 107 Å². The molecule has 1 unspecified atom stereocenters. The quantitative estimate of drug-likeness (QED) is 0.887. The van der Waals surface area contributed by atoms with E-state index in [1.54, 1.807) is 21.1 Å². The molecule has 0 fully saturated rings. The van der Waals surface area contributed by atoms with Gasteiger partial charge in [-0.3, -0.25) is 4.79 Å². The first-order chi connectivity index (χ1) is 8.65. The summed E-state index contributed by atoms with van der Waals surface area (Å²) in [5.74, 6) is 1.80. The molecule has 0 saturated carbocycles. The summed E-state index contributed by atoms with van der Waals surface area (Å²) in [5, 5.41) is 2.98. The van der Waals surface area contributed by atoms with Crippen molar-refractivity contribution in [2.24, 2.45) is 0 Å². The van der Waals surface area contributed by atoms with Crippen molar-refractivity contribution >= 4 is 5.91 Å². The zero-order valence-corrected chi connectivity index (χ0v) is 11.1. The molecule has 2 rings (SSSR count). The minimum Gasteiger partial charge on any atom is -0.496 e. The Hall–Kier alpha value is -1.71. The summed E-state index contributed by atoms with van der Waals surface area (Å²) in [5.41, 5.74) is 2.36. The van der Waals surface area contributed by atoms with Crippen LogP contribution in [0.15, 0.2) is 12.1 Å². The zero-order valence-electron chi connectivity index (χ0n) is 11.1. The number of methoxy groups -OCH3 is 2. The second-order valence-electron chi connectivity index (χ2n) is 4.57. The predicted octanol–water partition coefficient (Wildman–Crippen LogP) is 1.70. The highest BCUT2D eigenvalue weighted by Crippen LogP contribution is 2.35. The Kier molecular flexibility index (Phi) is 3.75. The monoisotopic (exact) mass is 249 g/mol. The minimum atomic E-state index is 0.0188. The van der Waals surface area contributed by atoms with Crippen molar-refractivity contribution < 1.29 is 14.3 Å². The third-order valence-corrected chi connectivity index (χ3v) is 3.39. The minimum absolute atomic E-state index is 0.0188. The molecule has 1 aliphatic carbocycles. The van der Waals surface area contributed by atoms with E-state index >= 15 is 0 Å². The molecule has 0 aromatic heterocycles. The van der Waals surface area contributed by atoms with Gasteiger partial charge in [-0.05, 0) is 31.4 Å². The molecule has 0 spiro atoms. The second kappa shape index (κ2) is 5.29. The molecule has 1 aliphatic rings. The van der Waals surface area contributed by atoms with Gasteiger partial charge in [0.15, 0.2) is 0 Å². The molecule has 1 atom stereocenters. The largest absolute Gasteiger partial charge is 0.496 e. The van der Waals surface area contributed by atoms with Gasteiger partial charge in [0.1, 0.15) is 11.5 Å². The number of nitrogens with one attached hydrogen (secondary N) is 1. The van der Waals surface area contributed by atoms with Crippen LogP contribution in [0.1, 0.15) is 24.5 Å². The molecule has 98 valence electrons. The predicted molar refractivity (Wildman–Crippen MR) is 69.2 cm³/mol. The molecule has 0 aliphatic heterocycles. The van der Waals surface area contributed by atoms with E-state index in [4.69, 9.17) is 9.47 Å². The average molecular weight is 249 g/mol. The second-order valence-corrected chi connectivity index (χ2v) is 4.57. The van der Waals surface area contributed by atoms with E-state index in [1.165, 1.54) is 5.56 Å². The van der Waals surface area contributed by atoms with Crippen molar-refractivity contribution in [1.29, 1.82) is 0 Å². The summed E-state index contributed by atoms with van der Waals surface area (Å²) in [6.45, 7) is 1.55. The van der Waals surface area contributed by atoms with Crippen LogP contribution in [-0.4, -0.2) is 26.2 Å².